The highest BCUT2D eigenvalue weighted by molar-refractivity contribution is 7.22. The molecular formula is C62H42N4S2. The van der Waals surface area contributed by atoms with Crippen molar-refractivity contribution in [3.8, 4) is 54.5 Å². The van der Waals surface area contributed by atoms with Gasteiger partial charge in [-0.3, -0.25) is 0 Å². The monoisotopic (exact) mass is 906 g/mol. The van der Waals surface area contributed by atoms with Gasteiger partial charge in [-0.15, -0.1) is 22.7 Å². The van der Waals surface area contributed by atoms with Crippen LogP contribution in [0.3, 0.4) is 0 Å². The van der Waals surface area contributed by atoms with E-state index < -0.39 is 0 Å². The van der Waals surface area contributed by atoms with Crippen molar-refractivity contribution in [1.29, 1.82) is 0 Å². The fourth-order valence-electron chi connectivity index (χ4n) is 8.86. The molecule has 0 aliphatic rings. The molecule has 12 aromatic rings. The molecule has 2 heterocycles. The van der Waals surface area contributed by atoms with Gasteiger partial charge in [-0.05, 0) is 155 Å². The minimum atomic E-state index is 1.02. The number of rotatable bonds is 11. The molecule has 0 aliphatic carbocycles. The van der Waals surface area contributed by atoms with Gasteiger partial charge in [-0.2, -0.15) is 0 Å². The Bertz CT molecular complexity index is 3310. The number of nitrogens with zero attached hydrogens (tertiary/aromatic N) is 4. The van der Waals surface area contributed by atoms with Crippen molar-refractivity contribution in [2.24, 2.45) is 0 Å². The van der Waals surface area contributed by atoms with Crippen LogP contribution in [0.2, 0.25) is 0 Å². The van der Waals surface area contributed by atoms with Crippen LogP contribution in [0.4, 0.5) is 34.1 Å². The Morgan fingerprint density at radius 1 is 0.221 bits per heavy atom. The first-order valence-corrected chi connectivity index (χ1v) is 24.3. The molecule has 68 heavy (non-hydrogen) atoms. The predicted octanol–water partition coefficient (Wildman–Crippen LogP) is 18.2. The van der Waals surface area contributed by atoms with Crippen molar-refractivity contribution in [3.63, 3.8) is 0 Å². The largest absolute Gasteiger partial charge is 0.311 e. The molecule has 0 atom stereocenters. The molecule has 0 fully saturated rings. The molecule has 2 aromatic heterocycles. The smallest absolute Gasteiger partial charge is 0.124 e. The van der Waals surface area contributed by atoms with E-state index in [1.165, 1.54) is 31.7 Å². The summed E-state index contributed by atoms with van der Waals surface area (Å²) in [5.41, 5.74) is 17.8. The molecule has 0 saturated heterocycles. The molecule has 322 valence electrons. The quantitative estimate of drug-likeness (QED) is 0.129. The van der Waals surface area contributed by atoms with Crippen LogP contribution in [0.25, 0.3) is 75.0 Å². The Balaban J connectivity index is 0.857. The lowest BCUT2D eigenvalue weighted by molar-refractivity contribution is 1.28. The van der Waals surface area contributed by atoms with Gasteiger partial charge in [-0.25, -0.2) is 9.97 Å². The molecule has 6 heteroatoms. The highest BCUT2D eigenvalue weighted by Crippen LogP contribution is 2.41. The van der Waals surface area contributed by atoms with Crippen molar-refractivity contribution < 1.29 is 0 Å². The summed E-state index contributed by atoms with van der Waals surface area (Å²) in [6.45, 7) is 0. The zero-order chi connectivity index (χ0) is 45.2. The maximum absolute atomic E-state index is 4.93. The van der Waals surface area contributed by atoms with Crippen LogP contribution >= 0.6 is 22.7 Å². The van der Waals surface area contributed by atoms with Crippen LogP contribution in [-0.4, -0.2) is 9.97 Å². The number of fused-ring (bicyclic) bond motifs is 2. The number of anilines is 6. The second-order valence-electron chi connectivity index (χ2n) is 16.7. The molecule has 0 unspecified atom stereocenters. The van der Waals surface area contributed by atoms with Gasteiger partial charge in [0.25, 0.3) is 0 Å². The summed E-state index contributed by atoms with van der Waals surface area (Å²) < 4.78 is 2.39. The Kier molecular flexibility index (Phi) is 10.9. The molecule has 0 bridgehead atoms. The van der Waals surface area contributed by atoms with Crippen LogP contribution in [0, 0.1) is 0 Å². The lowest BCUT2D eigenvalue weighted by Crippen LogP contribution is -2.10. The van der Waals surface area contributed by atoms with Gasteiger partial charge in [0.2, 0.25) is 0 Å². The zero-order valence-electron chi connectivity index (χ0n) is 36.9. The minimum absolute atomic E-state index is 1.02. The molecule has 0 radical (unpaired) electrons. The number of para-hydroxylation sites is 2. The second kappa shape index (κ2) is 18.1. The van der Waals surface area contributed by atoms with E-state index in [2.05, 4.69) is 252 Å². The normalized spacial score (nSPS) is 11.2. The Hall–Kier alpha value is -8.42. The van der Waals surface area contributed by atoms with Crippen LogP contribution in [-0.2, 0) is 0 Å². The summed E-state index contributed by atoms with van der Waals surface area (Å²) in [5, 5.41) is 2.05. The number of benzene rings is 10. The number of hydrogen-bond donors (Lipinski definition) is 0. The Morgan fingerprint density at radius 2 is 0.456 bits per heavy atom. The summed E-state index contributed by atoms with van der Waals surface area (Å²) in [4.78, 5) is 14.5. The molecule has 0 N–H and O–H groups in total. The molecule has 4 nitrogen and oxygen atoms in total. The van der Waals surface area contributed by atoms with E-state index in [4.69, 9.17) is 9.97 Å². The molecule has 12 rings (SSSR count). The third kappa shape index (κ3) is 8.24. The fraction of sp³-hybridized carbons (Fsp3) is 0. The van der Waals surface area contributed by atoms with E-state index in [0.717, 1.165) is 77.4 Å². The second-order valence-corrected chi connectivity index (χ2v) is 18.7. The van der Waals surface area contributed by atoms with E-state index in [9.17, 15) is 0 Å². The van der Waals surface area contributed by atoms with E-state index in [0.29, 0.717) is 0 Å². The first-order chi connectivity index (χ1) is 33.7. The van der Waals surface area contributed by atoms with Gasteiger partial charge in [-0.1, -0.05) is 133 Å². The van der Waals surface area contributed by atoms with Gasteiger partial charge < -0.3 is 9.80 Å². The number of hydrogen-bond acceptors (Lipinski definition) is 6. The summed E-state index contributed by atoms with van der Waals surface area (Å²) in [7, 11) is 0. The number of aromatic nitrogens is 2. The van der Waals surface area contributed by atoms with Gasteiger partial charge in [0.15, 0.2) is 0 Å². The first kappa shape index (κ1) is 41.0. The predicted molar refractivity (Wildman–Crippen MR) is 289 cm³/mol. The van der Waals surface area contributed by atoms with Crippen molar-refractivity contribution in [2.75, 3.05) is 9.80 Å². The average molecular weight is 907 g/mol. The summed E-state index contributed by atoms with van der Waals surface area (Å²) in [5.74, 6) is 0. The van der Waals surface area contributed by atoms with Crippen LogP contribution in [0.5, 0.6) is 0 Å². The van der Waals surface area contributed by atoms with Gasteiger partial charge in [0.05, 0.1) is 20.4 Å². The summed E-state index contributed by atoms with van der Waals surface area (Å²) >= 11 is 3.45. The average Bonchev–Trinajstić information content (AvgIpc) is 4.06. The van der Waals surface area contributed by atoms with E-state index in [-0.39, 0.29) is 0 Å². The summed E-state index contributed by atoms with van der Waals surface area (Å²) in [6, 6.07) is 90.8. The van der Waals surface area contributed by atoms with E-state index in [1.807, 2.05) is 12.1 Å². The SMILES string of the molecule is c1ccc(-c2ccc(N(c3ccc(-c4ccc(N(c5ccc(-c6ccccc6)cc5)c5ccc(-c6nc7ccccc7s6)cc5)cc4)cc3)c3ccc(-c4nc5ccccc5s4)cc3)cc2)cc1. The van der Waals surface area contributed by atoms with Crippen molar-refractivity contribution in [3.05, 3.63) is 255 Å². The standard InChI is InChI=1S/C62H42N4S2/c1-3-11-43(12-4-1)45-19-31-51(32-20-45)65(55-39-27-49(28-40-55)61-63-57-15-7-9-17-59(57)67-61)53-35-23-47(24-36-53)48-25-37-54(38-26-48)66(52-33-21-46(22-34-52)44-13-5-2-6-14-44)56-41-29-50(30-42-56)62-64-58-16-8-10-18-60(58)68-62/h1-42H. The van der Waals surface area contributed by atoms with E-state index in [1.54, 1.807) is 22.7 Å². The lowest BCUT2D eigenvalue weighted by Gasteiger charge is -2.26. The molecular weight excluding hydrogens is 865 g/mol. The topological polar surface area (TPSA) is 32.3 Å². The van der Waals surface area contributed by atoms with Crippen LogP contribution < -0.4 is 9.80 Å². The minimum Gasteiger partial charge on any atom is -0.311 e. The highest BCUT2D eigenvalue weighted by Gasteiger charge is 2.17. The third-order valence-electron chi connectivity index (χ3n) is 12.4. The van der Waals surface area contributed by atoms with Crippen LogP contribution in [0.15, 0.2) is 255 Å². The van der Waals surface area contributed by atoms with Crippen molar-refractivity contribution in [1.82, 2.24) is 9.97 Å². The van der Waals surface area contributed by atoms with Gasteiger partial charge >= 0.3 is 0 Å². The van der Waals surface area contributed by atoms with E-state index >= 15 is 0 Å². The molecule has 10 aromatic carbocycles. The molecule has 0 aliphatic heterocycles. The Morgan fingerprint density at radius 3 is 0.735 bits per heavy atom. The summed E-state index contributed by atoms with van der Waals surface area (Å²) in [6.07, 6.45) is 0. The number of thiazole rings is 2. The third-order valence-corrected chi connectivity index (χ3v) is 14.6. The maximum Gasteiger partial charge on any atom is 0.124 e. The first-order valence-electron chi connectivity index (χ1n) is 22.7. The van der Waals surface area contributed by atoms with Crippen molar-refractivity contribution >= 4 is 77.2 Å². The van der Waals surface area contributed by atoms with Gasteiger partial charge in [0.1, 0.15) is 10.0 Å². The maximum atomic E-state index is 4.93. The molecule has 0 amide bonds. The molecule has 0 saturated carbocycles. The molecule has 0 spiro atoms. The lowest BCUT2D eigenvalue weighted by atomic mass is 10.0. The zero-order valence-corrected chi connectivity index (χ0v) is 38.5. The Labute approximate surface area is 404 Å². The van der Waals surface area contributed by atoms with Gasteiger partial charge in [0, 0.05) is 45.3 Å². The fourth-order valence-corrected chi connectivity index (χ4v) is 10.8. The highest BCUT2D eigenvalue weighted by atomic mass is 32.1. The van der Waals surface area contributed by atoms with Crippen LogP contribution in [0.1, 0.15) is 0 Å². The van der Waals surface area contributed by atoms with Crippen molar-refractivity contribution in [2.45, 2.75) is 0 Å².